The van der Waals surface area contributed by atoms with Crippen molar-refractivity contribution in [2.75, 3.05) is 0 Å². The molecule has 12 heavy (non-hydrogen) atoms. The second-order valence-electron chi connectivity index (χ2n) is 2.15. The lowest BCUT2D eigenvalue weighted by atomic mass is 10.2. The fourth-order valence-electron chi connectivity index (χ4n) is 0.657. The quantitative estimate of drug-likeness (QED) is 0.857. The topological polar surface area (TPSA) is 69.1 Å². The highest BCUT2D eigenvalue weighted by molar-refractivity contribution is 9.10. The number of thiophene rings is 1. The molecule has 0 radical (unpaired) electrons. The van der Waals surface area contributed by atoms with Crippen LogP contribution in [0.25, 0.3) is 0 Å². The Morgan fingerprint density at radius 2 is 2.33 bits per heavy atom. The summed E-state index contributed by atoms with van der Waals surface area (Å²) in [5.41, 5.74) is 10.5. The maximum atomic E-state index is 10.7. The van der Waals surface area contributed by atoms with E-state index in [1.54, 1.807) is 6.07 Å². The maximum absolute atomic E-state index is 10.7. The first-order valence-corrected chi connectivity index (χ1v) is 5.00. The first-order valence-electron chi connectivity index (χ1n) is 3.02. The van der Waals surface area contributed by atoms with Crippen LogP contribution in [-0.4, -0.2) is 5.91 Å². The van der Waals surface area contributed by atoms with Gasteiger partial charge in [-0.05, 0) is 22.0 Å². The number of halogens is 2. The third-order valence-corrected chi connectivity index (χ3v) is 3.84. The Morgan fingerprint density at radius 3 is 2.67 bits per heavy atom. The van der Waals surface area contributed by atoms with Crippen LogP contribution in [0.5, 0.6) is 0 Å². The van der Waals surface area contributed by atoms with Gasteiger partial charge in [0.2, 0.25) is 5.91 Å². The zero-order valence-electron chi connectivity index (χ0n) is 5.88. The van der Waals surface area contributed by atoms with E-state index in [9.17, 15) is 4.79 Å². The third-order valence-electron chi connectivity index (χ3n) is 1.28. The van der Waals surface area contributed by atoms with Gasteiger partial charge in [-0.3, -0.25) is 4.79 Å². The van der Waals surface area contributed by atoms with Crippen molar-refractivity contribution in [1.82, 2.24) is 0 Å². The smallest absolute Gasteiger partial charge is 0.239 e. The van der Waals surface area contributed by atoms with Crippen LogP contribution in [0.1, 0.15) is 10.9 Å². The predicted molar refractivity (Wildman–Crippen MR) is 53.2 cm³/mol. The second-order valence-corrected chi connectivity index (χ2v) is 4.69. The number of hydrogen-bond acceptors (Lipinski definition) is 3. The summed E-state index contributed by atoms with van der Waals surface area (Å²) in [7, 11) is 0. The number of amides is 1. The minimum atomic E-state index is -0.765. The average Bonchev–Trinajstić information content (AvgIpc) is 2.30. The van der Waals surface area contributed by atoms with E-state index in [0.29, 0.717) is 9.21 Å². The van der Waals surface area contributed by atoms with Gasteiger partial charge in [-0.25, -0.2) is 0 Å². The maximum Gasteiger partial charge on any atom is 0.239 e. The van der Waals surface area contributed by atoms with Gasteiger partial charge in [0.05, 0.1) is 0 Å². The molecule has 0 aromatic carbocycles. The molecule has 0 aliphatic carbocycles. The lowest BCUT2D eigenvalue weighted by Gasteiger charge is -2.01. The monoisotopic (exact) mass is 268 g/mol. The molecular formula is C6H6BrClN2OS. The Bertz CT molecular complexity index is 295. The van der Waals surface area contributed by atoms with E-state index in [1.165, 1.54) is 11.3 Å². The van der Waals surface area contributed by atoms with Crippen molar-refractivity contribution in [2.45, 2.75) is 6.04 Å². The molecule has 0 aliphatic heterocycles. The van der Waals surface area contributed by atoms with Crippen LogP contribution in [0.4, 0.5) is 0 Å². The molecule has 0 saturated carbocycles. The number of carbonyl (C=O) groups excluding carboxylic acids is 1. The van der Waals surface area contributed by atoms with Gasteiger partial charge in [0.15, 0.2) is 0 Å². The van der Waals surface area contributed by atoms with Crippen molar-refractivity contribution in [3.05, 3.63) is 19.8 Å². The average molecular weight is 270 g/mol. The molecule has 0 spiro atoms. The van der Waals surface area contributed by atoms with Gasteiger partial charge in [0, 0.05) is 9.35 Å². The normalized spacial score (nSPS) is 12.9. The molecule has 1 unspecified atom stereocenters. The minimum absolute atomic E-state index is 0.555. The molecule has 1 aromatic heterocycles. The fraction of sp³-hybridized carbons (Fsp3) is 0.167. The molecule has 66 valence electrons. The lowest BCUT2D eigenvalue weighted by Crippen LogP contribution is -2.27. The summed E-state index contributed by atoms with van der Waals surface area (Å²) in [6.45, 7) is 0. The van der Waals surface area contributed by atoms with E-state index in [1.807, 2.05) is 0 Å². The Balaban J connectivity index is 2.96. The minimum Gasteiger partial charge on any atom is -0.368 e. The first kappa shape index (κ1) is 9.98. The van der Waals surface area contributed by atoms with Crippen molar-refractivity contribution in [2.24, 2.45) is 11.5 Å². The SMILES string of the molecule is NC(=O)C(N)c1cc(Br)c(Cl)s1. The Labute approximate surface area is 86.8 Å². The zero-order chi connectivity index (χ0) is 9.30. The van der Waals surface area contributed by atoms with E-state index < -0.39 is 11.9 Å². The highest BCUT2D eigenvalue weighted by Crippen LogP contribution is 2.34. The van der Waals surface area contributed by atoms with Gasteiger partial charge in [-0.15, -0.1) is 11.3 Å². The van der Waals surface area contributed by atoms with Gasteiger partial charge in [0.25, 0.3) is 0 Å². The molecule has 0 aliphatic rings. The Hall–Kier alpha value is -0.100. The molecule has 6 heteroatoms. The van der Waals surface area contributed by atoms with Gasteiger partial charge in [0.1, 0.15) is 10.4 Å². The van der Waals surface area contributed by atoms with E-state index in [2.05, 4.69) is 15.9 Å². The standard InChI is InChI=1S/C6H6BrClN2OS/c7-2-1-3(12-5(2)8)4(9)6(10)11/h1,4H,9H2,(H2,10,11). The fourth-order valence-corrected chi connectivity index (χ4v) is 2.40. The van der Waals surface area contributed by atoms with Crippen LogP contribution in [-0.2, 0) is 4.79 Å². The van der Waals surface area contributed by atoms with E-state index in [0.717, 1.165) is 4.47 Å². The summed E-state index contributed by atoms with van der Waals surface area (Å²) in [5.74, 6) is -0.555. The van der Waals surface area contributed by atoms with Gasteiger partial charge in [-0.2, -0.15) is 0 Å². The van der Waals surface area contributed by atoms with Crippen LogP contribution < -0.4 is 11.5 Å². The van der Waals surface area contributed by atoms with Crippen molar-refractivity contribution in [3.63, 3.8) is 0 Å². The molecule has 0 saturated heterocycles. The number of hydrogen-bond donors (Lipinski definition) is 2. The van der Waals surface area contributed by atoms with E-state index in [4.69, 9.17) is 23.1 Å². The molecule has 1 atom stereocenters. The summed E-state index contributed by atoms with van der Waals surface area (Å²) in [5, 5.41) is 0. The zero-order valence-corrected chi connectivity index (χ0v) is 9.04. The first-order chi connectivity index (χ1) is 5.52. The second kappa shape index (κ2) is 3.74. The molecule has 1 heterocycles. The summed E-state index contributed by atoms with van der Waals surface area (Å²) in [6, 6.07) is 0.932. The molecule has 0 bridgehead atoms. The third kappa shape index (κ3) is 1.98. The predicted octanol–water partition coefficient (Wildman–Crippen LogP) is 1.65. The molecule has 0 fully saturated rings. The van der Waals surface area contributed by atoms with Crippen molar-refractivity contribution >= 4 is 44.8 Å². The van der Waals surface area contributed by atoms with Crippen LogP contribution >= 0.6 is 38.9 Å². The van der Waals surface area contributed by atoms with Crippen molar-refractivity contribution < 1.29 is 4.79 Å². The van der Waals surface area contributed by atoms with Crippen LogP contribution in [0.2, 0.25) is 4.34 Å². The highest BCUT2D eigenvalue weighted by Gasteiger charge is 2.16. The molecule has 1 amide bonds. The molecular weight excluding hydrogens is 264 g/mol. The summed E-state index contributed by atoms with van der Waals surface area (Å²) >= 11 is 10.2. The Morgan fingerprint density at radius 1 is 1.75 bits per heavy atom. The van der Waals surface area contributed by atoms with Crippen LogP contribution in [0.3, 0.4) is 0 Å². The summed E-state index contributed by atoms with van der Waals surface area (Å²) in [4.78, 5) is 11.3. The summed E-state index contributed by atoms with van der Waals surface area (Å²) in [6.07, 6.45) is 0. The van der Waals surface area contributed by atoms with Gasteiger partial charge in [-0.1, -0.05) is 11.6 Å². The van der Waals surface area contributed by atoms with Crippen molar-refractivity contribution in [3.8, 4) is 0 Å². The van der Waals surface area contributed by atoms with Gasteiger partial charge < -0.3 is 11.5 Å². The largest absolute Gasteiger partial charge is 0.368 e. The van der Waals surface area contributed by atoms with Gasteiger partial charge >= 0.3 is 0 Å². The molecule has 1 rings (SSSR count). The highest BCUT2D eigenvalue weighted by atomic mass is 79.9. The summed E-state index contributed by atoms with van der Waals surface area (Å²) < 4.78 is 1.31. The molecule has 4 N–H and O–H groups in total. The van der Waals surface area contributed by atoms with Crippen LogP contribution in [0, 0.1) is 0 Å². The number of nitrogens with two attached hydrogens (primary N) is 2. The van der Waals surface area contributed by atoms with E-state index >= 15 is 0 Å². The number of rotatable bonds is 2. The molecule has 1 aromatic rings. The van der Waals surface area contributed by atoms with E-state index in [-0.39, 0.29) is 0 Å². The lowest BCUT2D eigenvalue weighted by molar-refractivity contribution is -0.119. The number of carbonyl (C=O) groups is 1. The van der Waals surface area contributed by atoms with Crippen LogP contribution in [0.15, 0.2) is 10.5 Å². The molecule has 3 nitrogen and oxygen atoms in total. The van der Waals surface area contributed by atoms with Crippen molar-refractivity contribution in [1.29, 1.82) is 0 Å². The number of primary amides is 1. The Kier molecular flexibility index (Phi) is 3.11.